The second-order valence-corrected chi connectivity index (χ2v) is 17.5. The maximum absolute atomic E-state index is 6.66. The van der Waals surface area contributed by atoms with Crippen molar-refractivity contribution in [3.8, 4) is 28.6 Å². The van der Waals surface area contributed by atoms with Gasteiger partial charge in [-0.25, -0.2) is 4.98 Å². The lowest BCUT2D eigenvalue weighted by Gasteiger charge is -2.32. The summed E-state index contributed by atoms with van der Waals surface area (Å²) in [5, 5.41) is 2.78. The Morgan fingerprint density at radius 1 is 0.771 bits per heavy atom. The summed E-state index contributed by atoms with van der Waals surface area (Å²) in [5.74, 6) is 3.07. The Labute approximate surface area is 281 Å². The van der Waals surface area contributed by atoms with Gasteiger partial charge in [0.2, 0.25) is 0 Å². The molecule has 48 heavy (non-hydrogen) atoms. The van der Waals surface area contributed by atoms with Crippen molar-refractivity contribution in [3.05, 3.63) is 145 Å². The zero-order chi connectivity index (χ0) is 32.6. The SMILES string of the molecule is Cc1cccc(C)c1B1Oc2cccnc2N1c1cccc(Oc2ccc3c(c2)-n2[c-][n+](-c4ccccc4)c4cccc(c42)[Si]3(C)C)c1. The highest BCUT2D eigenvalue weighted by Crippen LogP contribution is 2.40. The van der Waals surface area contributed by atoms with Crippen LogP contribution in [0.4, 0.5) is 11.5 Å². The molecular formula is C40H33BN4O2Si. The van der Waals surface area contributed by atoms with Gasteiger partial charge in [-0.15, -0.1) is 0 Å². The largest absolute Gasteiger partial charge is 0.535 e. The van der Waals surface area contributed by atoms with Gasteiger partial charge in [0.1, 0.15) is 25.3 Å². The highest BCUT2D eigenvalue weighted by molar-refractivity contribution is 7.02. The molecule has 0 amide bonds. The summed E-state index contributed by atoms with van der Waals surface area (Å²) in [6, 6.07) is 42.1. The van der Waals surface area contributed by atoms with Crippen LogP contribution in [-0.4, -0.2) is 24.7 Å². The Hall–Kier alpha value is -5.60. The minimum atomic E-state index is -2.01. The van der Waals surface area contributed by atoms with Crippen LogP contribution in [0.5, 0.6) is 17.2 Å². The van der Waals surface area contributed by atoms with Crippen LogP contribution in [0.25, 0.3) is 22.4 Å². The van der Waals surface area contributed by atoms with E-state index in [4.69, 9.17) is 14.4 Å². The fourth-order valence-corrected chi connectivity index (χ4v) is 10.4. The topological polar surface area (TPSA) is 43.4 Å². The fraction of sp³-hybridized carbons (Fsp3) is 0.100. The van der Waals surface area contributed by atoms with E-state index in [0.717, 1.165) is 51.1 Å². The number of hydrogen-bond donors (Lipinski definition) is 0. The number of nitrogens with zero attached hydrogens (tertiary/aromatic N) is 4. The van der Waals surface area contributed by atoms with E-state index in [9.17, 15) is 0 Å². The first kappa shape index (κ1) is 28.6. The van der Waals surface area contributed by atoms with Crippen LogP contribution >= 0.6 is 0 Å². The number of para-hydroxylation sites is 2. The van der Waals surface area contributed by atoms with Crippen LogP contribution in [0.1, 0.15) is 11.1 Å². The number of fused-ring (bicyclic) bond motifs is 3. The average Bonchev–Trinajstić information content (AvgIpc) is 3.68. The second kappa shape index (κ2) is 10.7. The van der Waals surface area contributed by atoms with Gasteiger partial charge in [0, 0.05) is 18.0 Å². The molecule has 0 N–H and O–H groups in total. The van der Waals surface area contributed by atoms with Gasteiger partial charge in [0.25, 0.3) is 6.33 Å². The van der Waals surface area contributed by atoms with Crippen molar-refractivity contribution in [2.24, 2.45) is 0 Å². The lowest BCUT2D eigenvalue weighted by Crippen LogP contribution is -2.57. The van der Waals surface area contributed by atoms with E-state index in [0.29, 0.717) is 0 Å². The third kappa shape index (κ3) is 4.33. The fourth-order valence-electron chi connectivity index (χ4n) is 7.47. The summed E-state index contributed by atoms with van der Waals surface area (Å²) in [4.78, 5) is 6.91. The Kier molecular flexibility index (Phi) is 6.39. The molecule has 4 heterocycles. The smallest absolute Gasteiger partial charge is 0.526 e. The molecule has 0 saturated carbocycles. The number of ether oxygens (including phenoxy) is 1. The summed E-state index contributed by atoms with van der Waals surface area (Å²) in [6.07, 6.45) is 5.51. The Morgan fingerprint density at radius 3 is 2.38 bits per heavy atom. The van der Waals surface area contributed by atoms with Crippen molar-refractivity contribution in [2.45, 2.75) is 26.9 Å². The van der Waals surface area contributed by atoms with Crippen LogP contribution in [0.15, 0.2) is 128 Å². The molecule has 0 spiro atoms. The maximum Gasteiger partial charge on any atom is 0.526 e. The normalized spacial score (nSPS) is 14.1. The zero-order valence-electron chi connectivity index (χ0n) is 27.3. The van der Waals surface area contributed by atoms with E-state index in [1.807, 2.05) is 36.5 Å². The van der Waals surface area contributed by atoms with Gasteiger partial charge in [0.05, 0.1) is 22.4 Å². The van der Waals surface area contributed by atoms with Gasteiger partial charge in [-0.3, -0.25) is 9.13 Å². The number of anilines is 2. The van der Waals surface area contributed by atoms with E-state index >= 15 is 0 Å². The molecule has 0 saturated heterocycles. The Bertz CT molecular complexity index is 2370. The quantitative estimate of drug-likeness (QED) is 0.121. The van der Waals surface area contributed by atoms with Gasteiger partial charge >= 0.3 is 7.05 Å². The molecule has 0 unspecified atom stereocenters. The molecule has 232 valence electrons. The molecule has 2 aliphatic rings. The van der Waals surface area contributed by atoms with Gasteiger partial charge in [-0.05, 0) is 78.2 Å². The van der Waals surface area contributed by atoms with Gasteiger partial charge < -0.3 is 14.2 Å². The molecule has 2 aliphatic heterocycles. The third-order valence-corrected chi connectivity index (χ3v) is 13.3. The minimum Gasteiger partial charge on any atom is -0.535 e. The zero-order valence-corrected chi connectivity index (χ0v) is 28.3. The molecule has 8 heteroatoms. The number of imidazole rings is 1. The number of pyridine rings is 1. The van der Waals surface area contributed by atoms with Crippen molar-refractivity contribution in [3.63, 3.8) is 0 Å². The van der Waals surface area contributed by atoms with Gasteiger partial charge in [0.15, 0.2) is 5.82 Å². The van der Waals surface area contributed by atoms with Crippen LogP contribution in [-0.2, 0) is 0 Å². The van der Waals surface area contributed by atoms with Crippen molar-refractivity contribution in [1.29, 1.82) is 0 Å². The molecule has 0 fully saturated rings. The van der Waals surface area contributed by atoms with Crippen molar-refractivity contribution in [1.82, 2.24) is 9.55 Å². The second-order valence-electron chi connectivity index (χ2n) is 13.2. The predicted octanol–water partition coefficient (Wildman–Crippen LogP) is 6.57. The number of rotatable bonds is 5. The molecular weight excluding hydrogens is 607 g/mol. The molecule has 7 aromatic rings. The number of hydrogen-bond acceptors (Lipinski definition) is 4. The van der Waals surface area contributed by atoms with Gasteiger partial charge in [-0.2, -0.15) is 0 Å². The molecule has 0 aliphatic carbocycles. The molecule has 9 rings (SSSR count). The van der Waals surface area contributed by atoms with Crippen molar-refractivity contribution >= 4 is 53.5 Å². The first-order valence-corrected chi connectivity index (χ1v) is 19.3. The van der Waals surface area contributed by atoms with Crippen molar-refractivity contribution < 1.29 is 14.0 Å². The summed E-state index contributed by atoms with van der Waals surface area (Å²) < 4.78 is 17.6. The van der Waals surface area contributed by atoms with Crippen LogP contribution in [0.2, 0.25) is 13.1 Å². The molecule has 0 bridgehead atoms. The summed E-state index contributed by atoms with van der Waals surface area (Å²) in [6.45, 7) is 9.14. The maximum atomic E-state index is 6.66. The van der Waals surface area contributed by atoms with Gasteiger partial charge in [-0.1, -0.05) is 91.0 Å². The van der Waals surface area contributed by atoms with E-state index in [-0.39, 0.29) is 7.05 Å². The molecule has 2 aromatic heterocycles. The summed E-state index contributed by atoms with van der Waals surface area (Å²) >= 11 is 0. The standard InChI is InChI=1S/C40H33BN4O2Si/c1-27-12-8-13-28(2)38(27)41-45(40-35(47-41)19-11-23-42-40)30-16-9-17-31(24-30)46-32-21-22-36-34(25-32)44-26-43(29-14-6-5-7-15-29)33-18-10-20-37(39(33)44)48(36,3)4/h5-25H,1-4H3. The lowest BCUT2D eigenvalue weighted by atomic mass is 9.67. The molecule has 6 nitrogen and oxygen atoms in total. The minimum absolute atomic E-state index is 0.342. The monoisotopic (exact) mass is 640 g/mol. The molecule has 0 atom stereocenters. The molecule has 5 aromatic carbocycles. The highest BCUT2D eigenvalue weighted by atomic mass is 28.3. The first-order valence-electron chi connectivity index (χ1n) is 16.3. The summed E-state index contributed by atoms with van der Waals surface area (Å²) in [5.41, 5.74) is 9.04. The number of benzene rings is 5. The lowest BCUT2D eigenvalue weighted by molar-refractivity contribution is -0.572. The van der Waals surface area contributed by atoms with E-state index in [2.05, 4.69) is 138 Å². The highest BCUT2D eigenvalue weighted by Gasteiger charge is 2.42. The van der Waals surface area contributed by atoms with E-state index in [1.165, 1.54) is 27.0 Å². The van der Waals surface area contributed by atoms with E-state index < -0.39 is 8.07 Å². The Morgan fingerprint density at radius 2 is 1.54 bits per heavy atom. The van der Waals surface area contributed by atoms with Crippen LogP contribution < -0.4 is 34.6 Å². The number of aromatic nitrogens is 3. The summed E-state index contributed by atoms with van der Waals surface area (Å²) in [7, 11) is -2.35. The predicted molar refractivity (Wildman–Crippen MR) is 195 cm³/mol. The first-order chi connectivity index (χ1) is 23.4. The van der Waals surface area contributed by atoms with Crippen LogP contribution in [0.3, 0.4) is 0 Å². The Balaban J connectivity index is 1.12. The number of aryl methyl sites for hydroxylation is 2. The molecule has 0 radical (unpaired) electrons. The third-order valence-electron chi connectivity index (χ3n) is 9.82. The average molecular weight is 641 g/mol. The van der Waals surface area contributed by atoms with Crippen LogP contribution in [0, 0.1) is 20.2 Å². The van der Waals surface area contributed by atoms with Crippen molar-refractivity contribution in [2.75, 3.05) is 4.81 Å². The van der Waals surface area contributed by atoms with E-state index in [1.54, 1.807) is 0 Å².